The minimum atomic E-state index is -4.50. The van der Waals surface area contributed by atoms with Crippen LogP contribution >= 0.6 is 11.3 Å². The number of hydrogen-bond donors (Lipinski definition) is 3. The molecule has 0 atom stereocenters. The van der Waals surface area contributed by atoms with Crippen LogP contribution in [0.5, 0.6) is 0 Å². The molecule has 3 aromatic heterocycles. The molecule has 1 fully saturated rings. The summed E-state index contributed by atoms with van der Waals surface area (Å²) in [6.07, 6.45) is -4.50. The molecular formula is C31H31F3N8OS. The normalized spacial score (nSPS) is 14.7. The highest BCUT2D eigenvalue weighted by Crippen LogP contribution is 2.35. The minimum Gasteiger partial charge on any atom is -0.382 e. The molecule has 0 spiro atoms. The first-order chi connectivity index (χ1) is 21.2. The highest BCUT2D eigenvalue weighted by atomic mass is 32.1. The molecule has 4 N–H and O–H groups in total. The third-order valence-corrected chi connectivity index (χ3v) is 8.70. The van der Waals surface area contributed by atoms with Gasteiger partial charge in [0.05, 0.1) is 28.0 Å². The van der Waals surface area contributed by atoms with Crippen molar-refractivity contribution in [2.45, 2.75) is 26.2 Å². The third kappa shape index (κ3) is 6.44. The molecule has 9 nitrogen and oxygen atoms in total. The van der Waals surface area contributed by atoms with Crippen LogP contribution in [-0.2, 0) is 19.3 Å². The molecule has 6 rings (SSSR count). The Labute approximate surface area is 255 Å². The molecule has 1 saturated heterocycles. The fourth-order valence-electron chi connectivity index (χ4n) is 5.41. The van der Waals surface area contributed by atoms with Crippen LogP contribution in [0.2, 0.25) is 0 Å². The highest BCUT2D eigenvalue weighted by molar-refractivity contribution is 7.17. The number of rotatable bonds is 8. The average Bonchev–Trinajstić information content (AvgIpc) is 3.50. The van der Waals surface area contributed by atoms with Crippen molar-refractivity contribution in [3.63, 3.8) is 0 Å². The maximum Gasteiger partial charge on any atom is 0.416 e. The molecule has 2 aromatic carbocycles. The number of piperazine rings is 1. The number of nitrogens with two attached hydrogens (primary N) is 1. The molecule has 1 aliphatic heterocycles. The van der Waals surface area contributed by atoms with E-state index in [4.69, 9.17) is 5.73 Å². The summed E-state index contributed by atoms with van der Waals surface area (Å²) in [5, 5.41) is 9.28. The Bertz CT molecular complexity index is 1820. The van der Waals surface area contributed by atoms with Gasteiger partial charge in [-0.25, -0.2) is 15.0 Å². The Kier molecular flexibility index (Phi) is 8.34. The van der Waals surface area contributed by atoms with E-state index in [1.165, 1.54) is 11.3 Å². The van der Waals surface area contributed by atoms with Crippen molar-refractivity contribution in [2.75, 3.05) is 49.1 Å². The molecule has 1 amide bonds. The second-order valence-electron chi connectivity index (χ2n) is 10.6. The monoisotopic (exact) mass is 620 g/mol. The molecule has 0 aliphatic carbocycles. The maximum atomic E-state index is 14.2. The van der Waals surface area contributed by atoms with Gasteiger partial charge >= 0.3 is 6.18 Å². The molecule has 44 heavy (non-hydrogen) atoms. The van der Waals surface area contributed by atoms with E-state index in [9.17, 15) is 18.0 Å². The number of nitrogen functional groups attached to an aromatic ring is 1. The van der Waals surface area contributed by atoms with Gasteiger partial charge in [0.15, 0.2) is 0 Å². The molecule has 0 unspecified atom stereocenters. The smallest absolute Gasteiger partial charge is 0.382 e. The number of halogens is 3. The first-order valence-electron chi connectivity index (χ1n) is 14.3. The summed E-state index contributed by atoms with van der Waals surface area (Å²) < 4.78 is 43.2. The number of thiophene rings is 1. The van der Waals surface area contributed by atoms with Crippen LogP contribution in [0.3, 0.4) is 0 Å². The number of benzene rings is 2. The van der Waals surface area contributed by atoms with Crippen molar-refractivity contribution in [1.29, 1.82) is 0 Å². The number of aromatic nitrogens is 3. The summed E-state index contributed by atoms with van der Waals surface area (Å²) in [4.78, 5) is 30.5. The van der Waals surface area contributed by atoms with E-state index in [1.54, 1.807) is 24.3 Å². The summed E-state index contributed by atoms with van der Waals surface area (Å²) in [5.41, 5.74) is 7.07. The zero-order chi connectivity index (χ0) is 30.8. The van der Waals surface area contributed by atoms with Gasteiger partial charge in [0, 0.05) is 43.8 Å². The van der Waals surface area contributed by atoms with Crippen molar-refractivity contribution in [1.82, 2.24) is 24.8 Å². The topological polar surface area (TPSA) is 112 Å². The van der Waals surface area contributed by atoms with Gasteiger partial charge in [0.1, 0.15) is 11.6 Å². The zero-order valence-electron chi connectivity index (χ0n) is 24.0. The van der Waals surface area contributed by atoms with Crippen LogP contribution < -0.4 is 16.4 Å². The summed E-state index contributed by atoms with van der Waals surface area (Å²) in [6.45, 7) is 6.57. The molecule has 228 valence electrons. The number of pyridine rings is 1. The van der Waals surface area contributed by atoms with Crippen molar-refractivity contribution >= 4 is 55.6 Å². The number of anilines is 3. The maximum absolute atomic E-state index is 14.2. The van der Waals surface area contributed by atoms with Crippen molar-refractivity contribution in [2.24, 2.45) is 0 Å². The van der Waals surface area contributed by atoms with Gasteiger partial charge in [-0.15, -0.1) is 11.3 Å². The van der Waals surface area contributed by atoms with Crippen LogP contribution in [-0.4, -0.2) is 63.4 Å². The fourth-order valence-corrected chi connectivity index (χ4v) is 6.14. The lowest BCUT2D eigenvalue weighted by Gasteiger charge is -2.34. The van der Waals surface area contributed by atoms with Gasteiger partial charge in [-0.1, -0.05) is 37.3 Å². The third-order valence-electron chi connectivity index (χ3n) is 7.78. The van der Waals surface area contributed by atoms with Gasteiger partial charge in [-0.3, -0.25) is 9.69 Å². The van der Waals surface area contributed by atoms with Crippen molar-refractivity contribution < 1.29 is 18.0 Å². The van der Waals surface area contributed by atoms with Gasteiger partial charge in [0.25, 0.3) is 5.91 Å². The van der Waals surface area contributed by atoms with E-state index in [1.807, 2.05) is 29.6 Å². The lowest BCUT2D eigenvalue weighted by Crippen LogP contribution is -2.45. The molecule has 5 aromatic rings. The first kappa shape index (κ1) is 29.7. The van der Waals surface area contributed by atoms with E-state index in [0.29, 0.717) is 21.6 Å². The minimum absolute atomic E-state index is 0.0879. The van der Waals surface area contributed by atoms with Crippen LogP contribution in [0.25, 0.3) is 21.0 Å². The number of carbonyl (C=O) groups excluding carboxylic acids is 1. The Morgan fingerprint density at radius 2 is 1.77 bits per heavy atom. The number of carbonyl (C=O) groups is 1. The van der Waals surface area contributed by atoms with Crippen molar-refractivity contribution in [3.05, 3.63) is 82.6 Å². The fraction of sp³-hybridized carbons (Fsp3) is 0.290. The second kappa shape index (κ2) is 12.3. The SMILES string of the molecule is CCN1CCN(Cc2ccc(NCc3nc(NC(=O)c4nc(N)c5sccc5n4)cc4ccccc34)cc2C(F)(F)F)CC1. The number of alkyl halides is 3. The lowest BCUT2D eigenvalue weighted by atomic mass is 10.0. The average molecular weight is 621 g/mol. The summed E-state index contributed by atoms with van der Waals surface area (Å²) in [5.74, 6) is -0.189. The summed E-state index contributed by atoms with van der Waals surface area (Å²) in [6, 6.07) is 15.3. The second-order valence-corrected chi connectivity index (χ2v) is 11.5. The number of fused-ring (bicyclic) bond motifs is 2. The number of amides is 1. The zero-order valence-corrected chi connectivity index (χ0v) is 24.8. The number of nitrogens with one attached hydrogen (secondary N) is 2. The van der Waals surface area contributed by atoms with Crippen molar-refractivity contribution in [3.8, 4) is 0 Å². The molecule has 0 saturated carbocycles. The van der Waals surface area contributed by atoms with E-state index in [0.717, 1.165) is 49.6 Å². The van der Waals surface area contributed by atoms with Crippen LogP contribution in [0.4, 0.5) is 30.5 Å². The molecule has 13 heteroatoms. The molecule has 0 radical (unpaired) electrons. The van der Waals surface area contributed by atoms with Gasteiger partial charge in [0.2, 0.25) is 5.82 Å². The Balaban J connectivity index is 1.22. The summed E-state index contributed by atoms with van der Waals surface area (Å²) in [7, 11) is 0. The predicted octanol–water partition coefficient (Wildman–Crippen LogP) is 5.84. The van der Waals surface area contributed by atoms with E-state index < -0.39 is 17.6 Å². The standard InChI is InChI=1S/C31H31F3N8OS/c1-2-41-10-12-42(13-11-41)18-20-7-8-21(16-23(20)31(32,33)34)36-17-25-22-6-4-3-5-19(22)15-26(37-25)39-30(43)29-38-24-9-14-44-27(24)28(35)40-29/h3-9,14-16,36H,2,10-13,17-18H2,1H3,(H2,35,38,40)(H,37,39,43). The lowest BCUT2D eigenvalue weighted by molar-refractivity contribution is -0.138. The van der Waals surface area contributed by atoms with E-state index >= 15 is 0 Å². The Hall–Kier alpha value is -4.33. The Morgan fingerprint density at radius 3 is 2.55 bits per heavy atom. The summed E-state index contributed by atoms with van der Waals surface area (Å²) >= 11 is 1.39. The van der Waals surface area contributed by atoms with E-state index in [2.05, 4.69) is 42.3 Å². The first-order valence-corrected chi connectivity index (χ1v) is 15.2. The number of hydrogen-bond acceptors (Lipinski definition) is 9. The van der Waals surface area contributed by atoms with E-state index in [-0.39, 0.29) is 36.1 Å². The number of nitrogens with zero attached hydrogens (tertiary/aromatic N) is 5. The molecule has 4 heterocycles. The quantitative estimate of drug-likeness (QED) is 0.198. The highest BCUT2D eigenvalue weighted by Gasteiger charge is 2.34. The predicted molar refractivity (Wildman–Crippen MR) is 168 cm³/mol. The van der Waals surface area contributed by atoms with Crippen LogP contribution in [0.1, 0.15) is 34.4 Å². The van der Waals surface area contributed by atoms with Gasteiger partial charge < -0.3 is 21.3 Å². The molecular weight excluding hydrogens is 589 g/mol. The number of likely N-dealkylation sites (N-methyl/N-ethyl adjacent to an activating group) is 1. The molecule has 0 bridgehead atoms. The molecule has 1 aliphatic rings. The van der Waals surface area contributed by atoms with Gasteiger partial charge in [-0.05, 0) is 47.1 Å². The largest absolute Gasteiger partial charge is 0.416 e. The van der Waals surface area contributed by atoms with Gasteiger partial charge in [-0.2, -0.15) is 13.2 Å². The van der Waals surface area contributed by atoms with Crippen LogP contribution in [0.15, 0.2) is 60.0 Å². The Morgan fingerprint density at radius 1 is 1.00 bits per heavy atom. The van der Waals surface area contributed by atoms with Crippen LogP contribution in [0, 0.1) is 0 Å².